The Bertz CT molecular complexity index is 1180. The summed E-state index contributed by atoms with van der Waals surface area (Å²) < 4.78 is 40.3. The van der Waals surface area contributed by atoms with Crippen LogP contribution in [0.1, 0.15) is 67.2 Å². The van der Waals surface area contributed by atoms with Crippen LogP contribution in [0.15, 0.2) is 36.7 Å². The van der Waals surface area contributed by atoms with Crippen LogP contribution >= 0.6 is 0 Å². The third kappa shape index (κ3) is 5.07. The molecule has 182 valence electrons. The van der Waals surface area contributed by atoms with Crippen LogP contribution in [0.5, 0.6) is 0 Å². The van der Waals surface area contributed by atoms with Gasteiger partial charge in [0.05, 0.1) is 22.7 Å². The van der Waals surface area contributed by atoms with Gasteiger partial charge in [-0.15, -0.1) is 0 Å². The van der Waals surface area contributed by atoms with Crippen LogP contribution in [-0.4, -0.2) is 37.5 Å². The molecular weight excluding hydrogens is 449 g/mol. The van der Waals surface area contributed by atoms with Gasteiger partial charge in [-0.05, 0) is 69.7 Å². The maximum Gasteiger partial charge on any atom is 0.417 e. The number of benzene rings is 1. The lowest BCUT2D eigenvalue weighted by molar-refractivity contribution is -0.137. The SMILES string of the molecule is CC(C)(O)c1cc2nn([C@H]3CC[C@H](CO)CC3)cc2cc1NC(=O)c1ccc(C(F)(F)F)cn1. The topological polar surface area (TPSA) is 100 Å². The van der Waals surface area contributed by atoms with Crippen LogP contribution in [0.2, 0.25) is 0 Å². The molecule has 3 aromatic rings. The second-order valence-electron chi connectivity index (χ2n) is 9.37. The number of anilines is 1. The summed E-state index contributed by atoms with van der Waals surface area (Å²) in [7, 11) is 0. The normalized spacial score (nSPS) is 19.4. The summed E-state index contributed by atoms with van der Waals surface area (Å²) >= 11 is 0. The Morgan fingerprint density at radius 1 is 1.18 bits per heavy atom. The number of hydrogen-bond donors (Lipinski definition) is 3. The van der Waals surface area contributed by atoms with Gasteiger partial charge in [0.15, 0.2) is 0 Å². The Morgan fingerprint density at radius 2 is 1.88 bits per heavy atom. The number of pyridine rings is 1. The van der Waals surface area contributed by atoms with Gasteiger partial charge in [-0.25, -0.2) is 0 Å². The average Bonchev–Trinajstić information content (AvgIpc) is 3.20. The van der Waals surface area contributed by atoms with Gasteiger partial charge in [0, 0.05) is 35.6 Å². The number of halogens is 3. The fraction of sp³-hybridized carbons (Fsp3) is 0.458. The molecule has 4 rings (SSSR count). The summed E-state index contributed by atoms with van der Waals surface area (Å²) in [5, 5.41) is 28.2. The highest BCUT2D eigenvalue weighted by Gasteiger charge is 2.31. The van der Waals surface area contributed by atoms with Gasteiger partial charge in [0.25, 0.3) is 5.91 Å². The molecule has 34 heavy (non-hydrogen) atoms. The molecule has 0 spiro atoms. The van der Waals surface area contributed by atoms with Crippen molar-refractivity contribution in [2.75, 3.05) is 11.9 Å². The number of rotatable bonds is 5. The summed E-state index contributed by atoms with van der Waals surface area (Å²) in [6.07, 6.45) is 1.62. The number of alkyl halides is 3. The summed E-state index contributed by atoms with van der Waals surface area (Å²) in [5.74, 6) is -0.364. The van der Waals surface area contributed by atoms with Gasteiger partial charge < -0.3 is 15.5 Å². The van der Waals surface area contributed by atoms with Crippen molar-refractivity contribution in [1.29, 1.82) is 0 Å². The molecule has 2 aromatic heterocycles. The third-order valence-corrected chi connectivity index (χ3v) is 6.34. The fourth-order valence-corrected chi connectivity index (χ4v) is 4.36. The largest absolute Gasteiger partial charge is 0.417 e. The van der Waals surface area contributed by atoms with E-state index in [0.29, 0.717) is 28.9 Å². The lowest BCUT2D eigenvalue weighted by Gasteiger charge is -2.27. The van der Waals surface area contributed by atoms with Crippen LogP contribution in [0.25, 0.3) is 10.9 Å². The van der Waals surface area contributed by atoms with E-state index in [4.69, 9.17) is 0 Å². The molecule has 0 unspecified atom stereocenters. The van der Waals surface area contributed by atoms with E-state index in [0.717, 1.165) is 43.2 Å². The Kier molecular flexibility index (Phi) is 6.39. The summed E-state index contributed by atoms with van der Waals surface area (Å²) in [6, 6.07) is 5.43. The van der Waals surface area contributed by atoms with Crippen molar-refractivity contribution in [1.82, 2.24) is 14.8 Å². The highest BCUT2D eigenvalue weighted by atomic mass is 19.4. The zero-order valence-electron chi connectivity index (χ0n) is 18.9. The minimum absolute atomic E-state index is 0.175. The Hall–Kier alpha value is -2.98. The zero-order valence-corrected chi connectivity index (χ0v) is 18.9. The third-order valence-electron chi connectivity index (χ3n) is 6.34. The number of hydrogen-bond acceptors (Lipinski definition) is 5. The van der Waals surface area contributed by atoms with E-state index in [1.807, 2.05) is 10.9 Å². The molecule has 1 aliphatic carbocycles. The Balaban J connectivity index is 1.62. The second kappa shape index (κ2) is 8.99. The number of aromatic nitrogens is 3. The molecule has 0 radical (unpaired) electrons. The molecule has 1 aromatic carbocycles. The fourth-order valence-electron chi connectivity index (χ4n) is 4.36. The smallest absolute Gasteiger partial charge is 0.396 e. The molecule has 0 saturated heterocycles. The predicted molar refractivity (Wildman–Crippen MR) is 120 cm³/mol. The maximum absolute atomic E-state index is 12.8. The Morgan fingerprint density at radius 3 is 2.44 bits per heavy atom. The first-order valence-corrected chi connectivity index (χ1v) is 11.2. The average molecular weight is 476 g/mol. The Labute approximate surface area is 194 Å². The van der Waals surface area contributed by atoms with Crippen molar-refractivity contribution < 1.29 is 28.2 Å². The van der Waals surface area contributed by atoms with Crippen molar-refractivity contribution in [2.24, 2.45) is 5.92 Å². The molecule has 1 saturated carbocycles. The number of fused-ring (bicyclic) bond motifs is 1. The van der Waals surface area contributed by atoms with Crippen molar-refractivity contribution in [2.45, 2.75) is 57.3 Å². The number of aliphatic hydroxyl groups excluding tert-OH is 1. The number of carbonyl (C=O) groups is 1. The summed E-state index contributed by atoms with van der Waals surface area (Å²) in [4.78, 5) is 16.4. The van der Waals surface area contributed by atoms with E-state index in [2.05, 4.69) is 15.4 Å². The van der Waals surface area contributed by atoms with Crippen LogP contribution in [0.4, 0.5) is 18.9 Å². The monoisotopic (exact) mass is 476 g/mol. The molecule has 1 fully saturated rings. The van der Waals surface area contributed by atoms with Crippen molar-refractivity contribution in [3.05, 3.63) is 53.5 Å². The first-order valence-electron chi connectivity index (χ1n) is 11.2. The van der Waals surface area contributed by atoms with Crippen LogP contribution in [0, 0.1) is 5.92 Å². The highest BCUT2D eigenvalue weighted by molar-refractivity contribution is 6.04. The minimum atomic E-state index is -4.54. The second-order valence-corrected chi connectivity index (χ2v) is 9.37. The lowest BCUT2D eigenvalue weighted by Crippen LogP contribution is -2.21. The van der Waals surface area contributed by atoms with Gasteiger partial charge in [-0.1, -0.05) is 0 Å². The van der Waals surface area contributed by atoms with Gasteiger partial charge in [0.2, 0.25) is 0 Å². The van der Waals surface area contributed by atoms with E-state index in [9.17, 15) is 28.2 Å². The summed E-state index contributed by atoms with van der Waals surface area (Å²) in [6.45, 7) is 3.35. The number of nitrogens with zero attached hydrogens (tertiary/aromatic N) is 3. The van der Waals surface area contributed by atoms with E-state index >= 15 is 0 Å². The van der Waals surface area contributed by atoms with Crippen molar-refractivity contribution in [3.8, 4) is 0 Å². The molecule has 1 amide bonds. The zero-order chi connectivity index (χ0) is 24.7. The standard InChI is InChI=1S/C24H27F3N4O3/c1-23(2,34)18-10-20-15(12-31(30-20)17-6-3-14(13-32)4-7-17)9-21(18)29-22(33)19-8-5-16(11-28-19)24(25,26)27/h5,8-12,14,17,32,34H,3-4,6-7,13H2,1-2H3,(H,29,33)/t14-,17-. The number of aliphatic hydroxyl groups is 2. The van der Waals surface area contributed by atoms with E-state index in [-0.39, 0.29) is 18.3 Å². The first kappa shape index (κ1) is 24.2. The molecule has 3 N–H and O–H groups in total. The number of nitrogens with one attached hydrogen (secondary N) is 1. The van der Waals surface area contributed by atoms with E-state index < -0.39 is 23.2 Å². The highest BCUT2D eigenvalue weighted by Crippen LogP contribution is 2.35. The first-order chi connectivity index (χ1) is 16.0. The van der Waals surface area contributed by atoms with Crippen molar-refractivity contribution in [3.63, 3.8) is 0 Å². The van der Waals surface area contributed by atoms with Crippen LogP contribution < -0.4 is 5.32 Å². The molecule has 1 aliphatic rings. The molecule has 7 nitrogen and oxygen atoms in total. The van der Waals surface area contributed by atoms with Gasteiger partial charge >= 0.3 is 6.18 Å². The number of carbonyl (C=O) groups excluding carboxylic acids is 1. The lowest BCUT2D eigenvalue weighted by atomic mass is 9.87. The molecular formula is C24H27F3N4O3. The molecule has 0 atom stereocenters. The van der Waals surface area contributed by atoms with Crippen molar-refractivity contribution >= 4 is 22.5 Å². The quantitative estimate of drug-likeness (QED) is 0.498. The van der Waals surface area contributed by atoms with E-state index in [1.54, 1.807) is 26.0 Å². The molecule has 0 aliphatic heterocycles. The van der Waals surface area contributed by atoms with Crippen LogP contribution in [0.3, 0.4) is 0 Å². The molecule has 2 heterocycles. The minimum Gasteiger partial charge on any atom is -0.396 e. The van der Waals surface area contributed by atoms with Gasteiger partial charge in [0.1, 0.15) is 5.69 Å². The summed E-state index contributed by atoms with van der Waals surface area (Å²) in [5.41, 5.74) is -1.01. The van der Waals surface area contributed by atoms with Crippen LogP contribution in [-0.2, 0) is 11.8 Å². The number of amides is 1. The van der Waals surface area contributed by atoms with Gasteiger partial charge in [-0.2, -0.15) is 18.3 Å². The molecule has 0 bridgehead atoms. The predicted octanol–water partition coefficient (Wildman–Crippen LogP) is 4.65. The van der Waals surface area contributed by atoms with E-state index in [1.165, 1.54) is 0 Å². The van der Waals surface area contributed by atoms with Gasteiger partial charge in [-0.3, -0.25) is 14.5 Å². The maximum atomic E-state index is 12.8. The molecule has 10 heteroatoms.